The summed E-state index contributed by atoms with van der Waals surface area (Å²) in [5.74, 6) is 0.823. The van der Waals surface area contributed by atoms with E-state index in [9.17, 15) is 0 Å². The lowest BCUT2D eigenvalue weighted by Crippen LogP contribution is -2.33. The molecule has 144 valence electrons. The Morgan fingerprint density at radius 1 is 1.07 bits per heavy atom. The summed E-state index contributed by atoms with van der Waals surface area (Å²) in [7, 11) is 0. The van der Waals surface area contributed by atoms with E-state index in [0.29, 0.717) is 6.04 Å². The van der Waals surface area contributed by atoms with Gasteiger partial charge in [-0.15, -0.1) is 0 Å². The average Bonchev–Trinajstić information content (AvgIpc) is 3.43. The molecule has 0 N–H and O–H groups in total. The zero-order chi connectivity index (χ0) is 18.9. The summed E-state index contributed by atoms with van der Waals surface area (Å²) < 4.78 is 6.05. The monoisotopic (exact) mass is 373 g/mol. The normalized spacial score (nSPS) is 19.5. The Labute approximate surface area is 166 Å². The standard InChI is InChI=1S/C24H27N3O/c1-17-13-24(27-12-4-5-20(27)16-28-15-18-7-8-18)21-10-9-19(14-23(21)26-17)22-6-2-3-11-25-22/h2-3,6,9-11,13-14,18,20H,4-5,7-8,12,15-16H2,1H3/t20-/m0/s1. The van der Waals surface area contributed by atoms with Crippen molar-refractivity contribution in [1.29, 1.82) is 0 Å². The van der Waals surface area contributed by atoms with Gasteiger partial charge < -0.3 is 9.64 Å². The first-order valence-electron chi connectivity index (χ1n) is 10.4. The van der Waals surface area contributed by atoms with Gasteiger partial charge in [-0.2, -0.15) is 0 Å². The smallest absolute Gasteiger partial charge is 0.0732 e. The fraction of sp³-hybridized carbons (Fsp3) is 0.417. The van der Waals surface area contributed by atoms with Crippen molar-refractivity contribution in [3.05, 3.63) is 54.4 Å². The molecular weight excluding hydrogens is 346 g/mol. The molecule has 0 spiro atoms. The summed E-state index contributed by atoms with van der Waals surface area (Å²) in [5, 5.41) is 1.22. The first-order valence-corrected chi connectivity index (χ1v) is 10.4. The van der Waals surface area contributed by atoms with E-state index in [-0.39, 0.29) is 0 Å². The maximum Gasteiger partial charge on any atom is 0.0732 e. The Morgan fingerprint density at radius 2 is 2.00 bits per heavy atom. The maximum atomic E-state index is 6.05. The molecule has 1 aromatic carbocycles. The van der Waals surface area contributed by atoms with E-state index in [1.165, 1.54) is 36.8 Å². The number of aryl methyl sites for hydroxylation is 1. The van der Waals surface area contributed by atoms with Gasteiger partial charge in [0.1, 0.15) is 0 Å². The second-order valence-electron chi connectivity index (χ2n) is 8.20. The molecular formula is C24H27N3O. The van der Waals surface area contributed by atoms with Crippen LogP contribution in [0.4, 0.5) is 5.69 Å². The predicted octanol–water partition coefficient (Wildman–Crippen LogP) is 5.00. The first kappa shape index (κ1) is 17.6. The molecule has 1 atom stereocenters. The topological polar surface area (TPSA) is 38.2 Å². The third-order valence-corrected chi connectivity index (χ3v) is 5.92. The Bertz CT molecular complexity index is 968. The SMILES string of the molecule is Cc1cc(N2CCC[C@H]2COCC2CC2)c2ccc(-c3ccccn3)cc2n1. The summed E-state index contributed by atoms with van der Waals surface area (Å²) in [6.45, 7) is 4.96. The number of hydrogen-bond donors (Lipinski definition) is 0. The molecule has 2 fully saturated rings. The molecule has 0 radical (unpaired) electrons. The molecule has 0 amide bonds. The number of fused-ring (bicyclic) bond motifs is 1. The summed E-state index contributed by atoms with van der Waals surface area (Å²) in [5.41, 5.74) is 5.50. The molecule has 2 aromatic heterocycles. The summed E-state index contributed by atoms with van der Waals surface area (Å²) in [4.78, 5) is 11.9. The molecule has 0 unspecified atom stereocenters. The van der Waals surface area contributed by atoms with Gasteiger partial charge in [0, 0.05) is 41.7 Å². The van der Waals surface area contributed by atoms with Crippen molar-refractivity contribution in [2.45, 2.75) is 38.6 Å². The van der Waals surface area contributed by atoms with Crippen LogP contribution in [0.3, 0.4) is 0 Å². The van der Waals surface area contributed by atoms with Crippen LogP contribution in [0.5, 0.6) is 0 Å². The summed E-state index contributed by atoms with van der Waals surface area (Å²) in [6.07, 6.45) is 6.97. The highest BCUT2D eigenvalue weighted by atomic mass is 16.5. The van der Waals surface area contributed by atoms with Crippen molar-refractivity contribution in [3.8, 4) is 11.3 Å². The van der Waals surface area contributed by atoms with E-state index in [1.807, 2.05) is 24.4 Å². The number of hydrogen-bond acceptors (Lipinski definition) is 4. The largest absolute Gasteiger partial charge is 0.379 e. The molecule has 1 aliphatic heterocycles. The maximum absolute atomic E-state index is 6.05. The van der Waals surface area contributed by atoms with E-state index in [2.05, 4.69) is 41.1 Å². The van der Waals surface area contributed by atoms with Crippen LogP contribution in [-0.2, 0) is 4.74 Å². The molecule has 3 heterocycles. The van der Waals surface area contributed by atoms with E-state index in [4.69, 9.17) is 9.72 Å². The molecule has 5 rings (SSSR count). The van der Waals surface area contributed by atoms with E-state index < -0.39 is 0 Å². The summed E-state index contributed by atoms with van der Waals surface area (Å²) >= 11 is 0. The molecule has 4 heteroatoms. The van der Waals surface area contributed by atoms with Crippen LogP contribution >= 0.6 is 0 Å². The molecule has 3 aromatic rings. The molecule has 4 nitrogen and oxygen atoms in total. The van der Waals surface area contributed by atoms with Gasteiger partial charge in [-0.1, -0.05) is 18.2 Å². The van der Waals surface area contributed by atoms with Crippen molar-refractivity contribution >= 4 is 16.6 Å². The molecule has 1 saturated heterocycles. The minimum absolute atomic E-state index is 0.471. The minimum atomic E-state index is 0.471. The number of ether oxygens (including phenoxy) is 1. The van der Waals surface area contributed by atoms with Gasteiger partial charge >= 0.3 is 0 Å². The average molecular weight is 374 g/mol. The number of aromatic nitrogens is 2. The molecule has 2 aliphatic rings. The zero-order valence-electron chi connectivity index (χ0n) is 16.5. The van der Waals surface area contributed by atoms with Crippen molar-refractivity contribution in [2.24, 2.45) is 5.92 Å². The second kappa shape index (κ2) is 7.51. The van der Waals surface area contributed by atoms with Gasteiger partial charge in [-0.3, -0.25) is 9.97 Å². The van der Waals surface area contributed by atoms with Crippen LogP contribution in [0.1, 0.15) is 31.4 Å². The van der Waals surface area contributed by atoms with Gasteiger partial charge in [-0.25, -0.2) is 0 Å². The molecule has 1 aliphatic carbocycles. The van der Waals surface area contributed by atoms with Crippen molar-refractivity contribution in [2.75, 3.05) is 24.7 Å². The van der Waals surface area contributed by atoms with Gasteiger partial charge in [0.05, 0.1) is 23.9 Å². The first-order chi connectivity index (χ1) is 13.8. The highest BCUT2D eigenvalue weighted by Crippen LogP contribution is 2.35. The number of anilines is 1. The van der Waals surface area contributed by atoms with Crippen LogP contribution in [0.25, 0.3) is 22.2 Å². The number of nitrogens with zero attached hydrogens (tertiary/aromatic N) is 3. The third-order valence-electron chi connectivity index (χ3n) is 5.92. The van der Waals surface area contributed by atoms with Crippen molar-refractivity contribution in [1.82, 2.24) is 9.97 Å². The van der Waals surface area contributed by atoms with Crippen LogP contribution in [-0.4, -0.2) is 35.8 Å². The van der Waals surface area contributed by atoms with Gasteiger partial charge in [-0.05, 0) is 62.8 Å². The quantitative estimate of drug-likeness (QED) is 0.609. The number of rotatable bonds is 6. The zero-order valence-corrected chi connectivity index (χ0v) is 16.5. The molecule has 0 bridgehead atoms. The number of benzene rings is 1. The van der Waals surface area contributed by atoms with E-state index in [0.717, 1.165) is 48.1 Å². The van der Waals surface area contributed by atoms with Gasteiger partial charge in [0.15, 0.2) is 0 Å². The Kier molecular flexibility index (Phi) is 4.73. The van der Waals surface area contributed by atoms with E-state index in [1.54, 1.807) is 0 Å². The van der Waals surface area contributed by atoms with Gasteiger partial charge in [0.25, 0.3) is 0 Å². The van der Waals surface area contributed by atoms with Crippen LogP contribution < -0.4 is 4.90 Å². The second-order valence-corrected chi connectivity index (χ2v) is 8.20. The number of pyridine rings is 2. The lowest BCUT2D eigenvalue weighted by molar-refractivity contribution is 0.112. The Balaban J connectivity index is 1.46. The van der Waals surface area contributed by atoms with Crippen LogP contribution in [0.2, 0.25) is 0 Å². The lowest BCUT2D eigenvalue weighted by Gasteiger charge is -2.28. The minimum Gasteiger partial charge on any atom is -0.379 e. The Hall–Kier alpha value is -2.46. The third kappa shape index (κ3) is 3.61. The predicted molar refractivity (Wildman–Crippen MR) is 114 cm³/mol. The van der Waals surface area contributed by atoms with Crippen molar-refractivity contribution < 1.29 is 4.74 Å². The highest BCUT2D eigenvalue weighted by molar-refractivity contribution is 5.94. The van der Waals surface area contributed by atoms with Crippen LogP contribution in [0.15, 0.2) is 48.7 Å². The molecule has 1 saturated carbocycles. The van der Waals surface area contributed by atoms with Crippen molar-refractivity contribution in [3.63, 3.8) is 0 Å². The van der Waals surface area contributed by atoms with E-state index >= 15 is 0 Å². The summed E-state index contributed by atoms with van der Waals surface area (Å²) in [6, 6.07) is 15.3. The Morgan fingerprint density at radius 3 is 2.82 bits per heavy atom. The van der Waals surface area contributed by atoms with Gasteiger partial charge in [0.2, 0.25) is 0 Å². The highest BCUT2D eigenvalue weighted by Gasteiger charge is 2.28. The fourth-order valence-electron chi connectivity index (χ4n) is 4.25. The fourth-order valence-corrected chi connectivity index (χ4v) is 4.25. The molecule has 28 heavy (non-hydrogen) atoms. The lowest BCUT2D eigenvalue weighted by atomic mass is 10.1. The van der Waals surface area contributed by atoms with Crippen LogP contribution in [0, 0.1) is 12.8 Å².